The van der Waals surface area contributed by atoms with Gasteiger partial charge in [0, 0.05) is 29.7 Å². The number of carbonyl (C=O) groups excluding carboxylic acids is 1. The summed E-state index contributed by atoms with van der Waals surface area (Å²) in [4.78, 5) is 12.8. The minimum Gasteiger partial charge on any atom is -0.321 e. The highest BCUT2D eigenvalue weighted by atomic mass is 32.2. The SMILES string of the molecule is CC(C)N(C)S(=O)(=O)c1ccc(C(=O)Nc2cccc3ccccc23)cc1. The van der Waals surface area contributed by atoms with Crippen LogP contribution < -0.4 is 5.32 Å². The van der Waals surface area contributed by atoms with Gasteiger partial charge < -0.3 is 5.32 Å². The van der Waals surface area contributed by atoms with Crippen molar-refractivity contribution in [1.82, 2.24) is 4.31 Å². The van der Waals surface area contributed by atoms with E-state index in [1.54, 1.807) is 7.05 Å². The molecular weight excluding hydrogens is 360 g/mol. The summed E-state index contributed by atoms with van der Waals surface area (Å²) >= 11 is 0. The first kappa shape index (κ1) is 19.1. The van der Waals surface area contributed by atoms with Gasteiger partial charge in [-0.3, -0.25) is 4.79 Å². The van der Waals surface area contributed by atoms with Gasteiger partial charge in [-0.25, -0.2) is 8.42 Å². The van der Waals surface area contributed by atoms with E-state index in [0.717, 1.165) is 10.8 Å². The van der Waals surface area contributed by atoms with Crippen molar-refractivity contribution in [3.63, 3.8) is 0 Å². The summed E-state index contributed by atoms with van der Waals surface area (Å²) in [6, 6.07) is 19.3. The van der Waals surface area contributed by atoms with Crippen molar-refractivity contribution in [1.29, 1.82) is 0 Å². The van der Waals surface area contributed by atoms with Gasteiger partial charge >= 0.3 is 0 Å². The van der Waals surface area contributed by atoms with Gasteiger partial charge in [0.2, 0.25) is 10.0 Å². The van der Waals surface area contributed by atoms with Crippen LogP contribution in [0.15, 0.2) is 71.6 Å². The lowest BCUT2D eigenvalue weighted by Crippen LogP contribution is -2.33. The Hall–Kier alpha value is -2.70. The molecular formula is C21H22N2O3S. The van der Waals surface area contributed by atoms with Crippen molar-refractivity contribution >= 4 is 32.4 Å². The van der Waals surface area contributed by atoms with Crippen LogP contribution in [-0.4, -0.2) is 31.7 Å². The second-order valence-corrected chi connectivity index (χ2v) is 8.62. The van der Waals surface area contributed by atoms with Crippen LogP contribution in [0.25, 0.3) is 10.8 Å². The topological polar surface area (TPSA) is 66.5 Å². The summed E-state index contributed by atoms with van der Waals surface area (Å²) in [6.45, 7) is 3.62. The number of nitrogens with one attached hydrogen (secondary N) is 1. The maximum atomic E-state index is 12.6. The smallest absolute Gasteiger partial charge is 0.255 e. The van der Waals surface area contributed by atoms with E-state index in [-0.39, 0.29) is 16.8 Å². The lowest BCUT2D eigenvalue weighted by molar-refractivity contribution is 0.102. The fourth-order valence-corrected chi connectivity index (χ4v) is 4.12. The third-order valence-corrected chi connectivity index (χ3v) is 6.61. The molecule has 5 nitrogen and oxygen atoms in total. The molecule has 0 radical (unpaired) electrons. The van der Waals surface area contributed by atoms with Crippen LogP contribution in [0.4, 0.5) is 5.69 Å². The molecule has 0 saturated carbocycles. The maximum absolute atomic E-state index is 12.6. The lowest BCUT2D eigenvalue weighted by atomic mass is 10.1. The summed E-state index contributed by atoms with van der Waals surface area (Å²) in [7, 11) is -2.02. The number of rotatable bonds is 5. The van der Waals surface area contributed by atoms with Crippen molar-refractivity contribution < 1.29 is 13.2 Å². The molecule has 0 aliphatic heterocycles. The zero-order valence-electron chi connectivity index (χ0n) is 15.5. The van der Waals surface area contributed by atoms with Crippen LogP contribution in [0, 0.1) is 0 Å². The Morgan fingerprint density at radius 2 is 1.56 bits per heavy atom. The third-order valence-electron chi connectivity index (χ3n) is 4.56. The van der Waals surface area contributed by atoms with E-state index in [9.17, 15) is 13.2 Å². The summed E-state index contributed by atoms with van der Waals surface area (Å²) in [5.41, 5.74) is 1.11. The zero-order chi connectivity index (χ0) is 19.6. The second kappa shape index (κ2) is 7.50. The Kier molecular flexibility index (Phi) is 5.30. The molecule has 0 saturated heterocycles. The van der Waals surface area contributed by atoms with Gasteiger partial charge in [0.05, 0.1) is 4.90 Å². The Labute approximate surface area is 159 Å². The van der Waals surface area contributed by atoms with Crippen molar-refractivity contribution in [2.24, 2.45) is 0 Å². The number of sulfonamides is 1. The number of anilines is 1. The highest BCUT2D eigenvalue weighted by Crippen LogP contribution is 2.24. The molecule has 6 heteroatoms. The third kappa shape index (κ3) is 3.86. The Balaban J connectivity index is 1.84. The van der Waals surface area contributed by atoms with Crippen LogP contribution in [0.1, 0.15) is 24.2 Å². The predicted molar refractivity (Wildman–Crippen MR) is 108 cm³/mol. The van der Waals surface area contributed by atoms with Crippen LogP contribution in [0.5, 0.6) is 0 Å². The molecule has 0 spiro atoms. The molecule has 0 aliphatic rings. The molecule has 0 aliphatic carbocycles. The summed E-state index contributed by atoms with van der Waals surface area (Å²) in [6.07, 6.45) is 0. The van der Waals surface area contributed by atoms with Gasteiger partial charge in [-0.2, -0.15) is 4.31 Å². The minimum absolute atomic E-state index is 0.149. The van der Waals surface area contributed by atoms with E-state index in [2.05, 4.69) is 5.32 Å². The molecule has 1 N–H and O–H groups in total. The van der Waals surface area contributed by atoms with Gasteiger partial charge in [0.15, 0.2) is 0 Å². The molecule has 27 heavy (non-hydrogen) atoms. The second-order valence-electron chi connectivity index (χ2n) is 6.62. The zero-order valence-corrected chi connectivity index (χ0v) is 16.3. The molecule has 0 unspecified atom stereocenters. The van der Waals surface area contributed by atoms with Crippen molar-refractivity contribution in [3.05, 3.63) is 72.3 Å². The molecule has 3 aromatic rings. The predicted octanol–water partition coefficient (Wildman–Crippen LogP) is 4.12. The lowest BCUT2D eigenvalue weighted by Gasteiger charge is -2.21. The van der Waals surface area contributed by atoms with Gasteiger partial charge in [-0.1, -0.05) is 36.4 Å². The molecule has 0 heterocycles. The Morgan fingerprint density at radius 3 is 2.22 bits per heavy atom. The molecule has 3 aromatic carbocycles. The number of nitrogens with zero attached hydrogens (tertiary/aromatic N) is 1. The van der Waals surface area contributed by atoms with Gasteiger partial charge in [0.1, 0.15) is 0 Å². The van der Waals surface area contributed by atoms with Crippen LogP contribution >= 0.6 is 0 Å². The fraction of sp³-hybridized carbons (Fsp3) is 0.190. The van der Waals surface area contributed by atoms with Gasteiger partial charge in [-0.15, -0.1) is 0 Å². The number of carbonyl (C=O) groups is 1. The quantitative estimate of drug-likeness (QED) is 0.722. The van der Waals surface area contributed by atoms with Gasteiger partial charge in [-0.05, 0) is 49.6 Å². The minimum atomic E-state index is -3.57. The average Bonchev–Trinajstić information content (AvgIpc) is 2.67. The maximum Gasteiger partial charge on any atom is 0.255 e. The number of hydrogen-bond donors (Lipinski definition) is 1. The summed E-state index contributed by atoms with van der Waals surface area (Å²) in [5, 5.41) is 4.89. The molecule has 0 atom stereocenters. The Bertz CT molecular complexity index is 1070. The van der Waals surface area contributed by atoms with Crippen LogP contribution in [-0.2, 0) is 10.0 Å². The summed E-state index contributed by atoms with van der Waals surface area (Å²) < 4.78 is 26.3. The standard InChI is InChI=1S/C21H22N2O3S/c1-15(2)23(3)27(25,26)18-13-11-17(12-14-18)21(24)22-20-10-6-8-16-7-4-5-9-19(16)20/h4-15H,1-3H3,(H,22,24). The molecule has 3 rings (SSSR count). The van der Waals surface area contributed by atoms with Crippen LogP contribution in [0.2, 0.25) is 0 Å². The van der Waals surface area contributed by atoms with Crippen molar-refractivity contribution in [3.8, 4) is 0 Å². The van der Waals surface area contributed by atoms with Crippen molar-refractivity contribution in [2.75, 3.05) is 12.4 Å². The number of benzene rings is 3. The monoisotopic (exact) mass is 382 g/mol. The molecule has 0 aromatic heterocycles. The number of hydrogen-bond acceptors (Lipinski definition) is 3. The fourth-order valence-electron chi connectivity index (χ4n) is 2.75. The van der Waals surface area contributed by atoms with E-state index in [0.29, 0.717) is 11.3 Å². The first-order valence-corrected chi connectivity index (χ1v) is 10.1. The largest absolute Gasteiger partial charge is 0.321 e. The van der Waals surface area contributed by atoms with E-state index in [1.165, 1.54) is 28.6 Å². The first-order chi connectivity index (χ1) is 12.8. The van der Waals surface area contributed by atoms with E-state index in [1.807, 2.05) is 56.3 Å². The highest BCUT2D eigenvalue weighted by molar-refractivity contribution is 7.89. The molecule has 0 bridgehead atoms. The number of amides is 1. The van der Waals surface area contributed by atoms with Crippen molar-refractivity contribution in [2.45, 2.75) is 24.8 Å². The highest BCUT2D eigenvalue weighted by Gasteiger charge is 2.23. The molecule has 140 valence electrons. The average molecular weight is 382 g/mol. The molecule has 0 fully saturated rings. The van der Waals surface area contributed by atoms with E-state index < -0.39 is 10.0 Å². The normalized spacial score (nSPS) is 11.9. The molecule has 1 amide bonds. The number of fused-ring (bicyclic) bond motifs is 1. The Morgan fingerprint density at radius 1 is 0.926 bits per heavy atom. The van der Waals surface area contributed by atoms with E-state index >= 15 is 0 Å². The first-order valence-electron chi connectivity index (χ1n) is 8.68. The van der Waals surface area contributed by atoms with Gasteiger partial charge in [0.25, 0.3) is 5.91 Å². The van der Waals surface area contributed by atoms with Crippen LogP contribution in [0.3, 0.4) is 0 Å². The van der Waals surface area contributed by atoms with E-state index in [4.69, 9.17) is 0 Å². The summed E-state index contributed by atoms with van der Waals surface area (Å²) in [5.74, 6) is -0.285.